The lowest BCUT2D eigenvalue weighted by Crippen LogP contribution is -2.34. The Morgan fingerprint density at radius 3 is 2.03 bits per heavy atom. The van der Waals surface area contributed by atoms with Crippen LogP contribution in [-0.4, -0.2) is 24.8 Å². The van der Waals surface area contributed by atoms with Gasteiger partial charge in [0.25, 0.3) is 0 Å². The molecule has 0 bridgehead atoms. The first kappa shape index (κ1) is 22.4. The Kier molecular flexibility index (Phi) is 6.32. The molecule has 3 aromatic carbocycles. The van der Waals surface area contributed by atoms with Gasteiger partial charge in [0.05, 0.1) is 12.1 Å². The van der Waals surface area contributed by atoms with E-state index >= 15 is 0 Å². The highest BCUT2D eigenvalue weighted by Gasteiger charge is 2.38. The second-order valence-corrected chi connectivity index (χ2v) is 9.95. The maximum absolute atomic E-state index is 13.3. The molecule has 0 aliphatic carbocycles. The summed E-state index contributed by atoms with van der Waals surface area (Å²) >= 11 is 0. The molecule has 166 valence electrons. The van der Waals surface area contributed by atoms with Crippen molar-refractivity contribution in [3.63, 3.8) is 0 Å². The van der Waals surface area contributed by atoms with E-state index in [-0.39, 0.29) is 29.4 Å². The molecule has 0 radical (unpaired) electrons. The van der Waals surface area contributed by atoms with Crippen LogP contribution in [0.15, 0.2) is 78.9 Å². The Hall–Kier alpha value is -2.75. The smallest absolute Gasteiger partial charge is 0.165 e. The number of hydrogen-bond acceptors (Lipinski definition) is 3. The van der Waals surface area contributed by atoms with Gasteiger partial charge in [-0.05, 0) is 41.8 Å². The Bertz CT molecular complexity index is 1060. The van der Waals surface area contributed by atoms with Crippen LogP contribution in [0.25, 0.3) is 0 Å². The number of fused-ring (bicyclic) bond motifs is 1. The molecular weight excluding hydrogens is 394 g/mol. The minimum atomic E-state index is -0.276. The Morgan fingerprint density at radius 2 is 1.44 bits per heavy atom. The normalized spacial score (nSPS) is 20.8. The SMILES string of the molecule is CN(C)[C@H]1c2ccccc2[C@H](CC(=O)c2ccc(C(C)(C)C)cc2)O[C@@H]1c1ccccc1. The molecular formula is C29H33NO2. The second-order valence-electron chi connectivity index (χ2n) is 9.95. The van der Waals surface area contributed by atoms with Gasteiger partial charge in [0.1, 0.15) is 6.10 Å². The molecule has 0 aromatic heterocycles. The van der Waals surface area contributed by atoms with E-state index in [9.17, 15) is 4.79 Å². The first-order chi connectivity index (χ1) is 15.3. The topological polar surface area (TPSA) is 29.5 Å². The number of likely N-dealkylation sites (N-methyl/N-ethyl adjacent to an activating group) is 1. The van der Waals surface area contributed by atoms with Gasteiger partial charge >= 0.3 is 0 Å². The van der Waals surface area contributed by atoms with E-state index in [1.807, 2.05) is 36.4 Å². The molecule has 0 amide bonds. The van der Waals surface area contributed by atoms with Crippen molar-refractivity contribution in [3.05, 3.63) is 107 Å². The summed E-state index contributed by atoms with van der Waals surface area (Å²) < 4.78 is 6.68. The Morgan fingerprint density at radius 1 is 0.844 bits per heavy atom. The van der Waals surface area contributed by atoms with Crippen LogP contribution in [0.4, 0.5) is 0 Å². The Labute approximate surface area is 192 Å². The van der Waals surface area contributed by atoms with Crippen LogP contribution in [0.2, 0.25) is 0 Å². The Balaban J connectivity index is 1.66. The quantitative estimate of drug-likeness (QED) is 0.426. The van der Waals surface area contributed by atoms with Gasteiger partial charge < -0.3 is 4.74 Å². The monoisotopic (exact) mass is 427 g/mol. The largest absolute Gasteiger partial charge is 0.363 e. The van der Waals surface area contributed by atoms with E-state index in [2.05, 4.69) is 82.2 Å². The van der Waals surface area contributed by atoms with Crippen LogP contribution >= 0.6 is 0 Å². The number of rotatable bonds is 5. The lowest BCUT2D eigenvalue weighted by Gasteiger charge is -2.41. The van der Waals surface area contributed by atoms with E-state index in [0.29, 0.717) is 6.42 Å². The summed E-state index contributed by atoms with van der Waals surface area (Å²) in [6.07, 6.45) is -0.0837. The molecule has 32 heavy (non-hydrogen) atoms. The lowest BCUT2D eigenvalue weighted by molar-refractivity contribution is -0.0718. The van der Waals surface area contributed by atoms with E-state index in [4.69, 9.17) is 4.74 Å². The highest BCUT2D eigenvalue weighted by molar-refractivity contribution is 5.96. The molecule has 3 heteroatoms. The summed E-state index contributed by atoms with van der Waals surface area (Å²) in [5, 5.41) is 0. The molecule has 1 aliphatic rings. The van der Waals surface area contributed by atoms with Crippen molar-refractivity contribution in [3.8, 4) is 0 Å². The van der Waals surface area contributed by atoms with Crippen LogP contribution in [0.5, 0.6) is 0 Å². The third-order valence-electron chi connectivity index (χ3n) is 6.39. The van der Waals surface area contributed by atoms with E-state index in [0.717, 1.165) is 16.7 Å². The minimum absolute atomic E-state index is 0.0666. The third-order valence-corrected chi connectivity index (χ3v) is 6.39. The fourth-order valence-electron chi connectivity index (χ4n) is 4.61. The number of hydrogen-bond donors (Lipinski definition) is 0. The summed E-state index contributed by atoms with van der Waals surface area (Å²) in [7, 11) is 4.17. The van der Waals surface area contributed by atoms with E-state index in [1.165, 1.54) is 11.1 Å². The van der Waals surface area contributed by atoms with Crippen molar-refractivity contribution in [2.24, 2.45) is 0 Å². The average Bonchev–Trinajstić information content (AvgIpc) is 2.78. The van der Waals surface area contributed by atoms with Crippen LogP contribution < -0.4 is 0 Å². The maximum atomic E-state index is 13.3. The van der Waals surface area contributed by atoms with Gasteiger partial charge in [0.15, 0.2) is 5.78 Å². The standard InChI is InChI=1S/C29H33NO2/c1-29(2,3)22-17-15-20(16-18-22)25(31)19-26-23-13-9-10-14-24(23)27(30(4)5)28(32-26)21-11-7-6-8-12-21/h6-18,26-28H,19H2,1-5H3/t26-,27-,28+/m0/s1. The van der Waals surface area contributed by atoms with Crippen molar-refractivity contribution in [1.29, 1.82) is 0 Å². The molecule has 0 saturated heterocycles. The van der Waals surface area contributed by atoms with Gasteiger partial charge in [-0.2, -0.15) is 0 Å². The molecule has 3 atom stereocenters. The second kappa shape index (κ2) is 9.01. The third kappa shape index (κ3) is 4.55. The van der Waals surface area contributed by atoms with Crippen LogP contribution in [0.1, 0.15) is 78.1 Å². The van der Waals surface area contributed by atoms with E-state index in [1.54, 1.807) is 0 Å². The van der Waals surface area contributed by atoms with Crippen molar-refractivity contribution >= 4 is 5.78 Å². The van der Waals surface area contributed by atoms with E-state index < -0.39 is 0 Å². The summed E-state index contributed by atoms with van der Waals surface area (Å²) in [6, 6.07) is 26.9. The van der Waals surface area contributed by atoms with Gasteiger partial charge in [-0.3, -0.25) is 9.69 Å². The lowest BCUT2D eigenvalue weighted by atomic mass is 9.84. The molecule has 0 spiro atoms. The number of nitrogens with zero attached hydrogens (tertiary/aromatic N) is 1. The molecule has 0 N–H and O–H groups in total. The van der Waals surface area contributed by atoms with Gasteiger partial charge in [0, 0.05) is 12.0 Å². The number of carbonyl (C=O) groups excluding carboxylic acids is 1. The highest BCUT2D eigenvalue weighted by atomic mass is 16.5. The van der Waals surface area contributed by atoms with Crippen molar-refractivity contribution in [2.45, 2.75) is 50.9 Å². The summed E-state index contributed by atoms with van der Waals surface area (Å²) in [5.41, 5.74) is 5.51. The molecule has 3 aromatic rings. The predicted octanol–water partition coefficient (Wildman–Crippen LogP) is 6.67. The molecule has 1 aliphatic heterocycles. The molecule has 4 rings (SSSR count). The number of Topliss-reactive ketones (excluding diaryl/α,β-unsaturated/α-hetero) is 1. The predicted molar refractivity (Wildman–Crippen MR) is 130 cm³/mol. The number of benzene rings is 3. The van der Waals surface area contributed by atoms with Crippen LogP contribution in [-0.2, 0) is 10.2 Å². The van der Waals surface area contributed by atoms with Crippen molar-refractivity contribution < 1.29 is 9.53 Å². The summed E-state index contributed by atoms with van der Waals surface area (Å²) in [6.45, 7) is 6.55. The van der Waals surface area contributed by atoms with Gasteiger partial charge in [-0.25, -0.2) is 0 Å². The van der Waals surface area contributed by atoms with Crippen LogP contribution in [0, 0.1) is 0 Å². The van der Waals surface area contributed by atoms with Crippen LogP contribution in [0.3, 0.4) is 0 Å². The zero-order valence-corrected chi connectivity index (χ0v) is 19.7. The number of ketones is 1. The van der Waals surface area contributed by atoms with Crippen molar-refractivity contribution in [2.75, 3.05) is 14.1 Å². The zero-order chi connectivity index (χ0) is 22.9. The summed E-state index contributed by atoms with van der Waals surface area (Å²) in [5.74, 6) is 0.111. The molecule has 0 fully saturated rings. The van der Waals surface area contributed by atoms with Gasteiger partial charge in [0.2, 0.25) is 0 Å². The minimum Gasteiger partial charge on any atom is -0.363 e. The van der Waals surface area contributed by atoms with Gasteiger partial charge in [-0.15, -0.1) is 0 Å². The fourth-order valence-corrected chi connectivity index (χ4v) is 4.61. The van der Waals surface area contributed by atoms with Gasteiger partial charge in [-0.1, -0.05) is 99.6 Å². The fraction of sp³-hybridized carbons (Fsp3) is 0.345. The number of ether oxygens (including phenoxy) is 1. The average molecular weight is 428 g/mol. The zero-order valence-electron chi connectivity index (χ0n) is 19.7. The van der Waals surface area contributed by atoms with Crippen molar-refractivity contribution in [1.82, 2.24) is 4.90 Å². The number of carbonyl (C=O) groups is 1. The molecule has 0 saturated carbocycles. The molecule has 3 nitrogen and oxygen atoms in total. The maximum Gasteiger partial charge on any atom is 0.165 e. The molecule has 1 heterocycles. The molecule has 0 unspecified atom stereocenters. The first-order valence-corrected chi connectivity index (χ1v) is 11.3. The summed E-state index contributed by atoms with van der Waals surface area (Å²) in [4.78, 5) is 15.5. The highest BCUT2D eigenvalue weighted by Crippen LogP contribution is 2.47. The first-order valence-electron chi connectivity index (χ1n) is 11.3.